The van der Waals surface area contributed by atoms with E-state index in [1.807, 2.05) is 74.1 Å². The molecule has 0 fully saturated rings. The molecule has 0 saturated carbocycles. The van der Waals surface area contributed by atoms with E-state index in [1.54, 1.807) is 19.1 Å². The fourth-order valence-electron chi connectivity index (χ4n) is 3.35. The minimum atomic E-state index is 0.0310. The number of hydrogen-bond donors (Lipinski definition) is 0. The molecule has 1 heterocycles. The first-order valence-electron chi connectivity index (χ1n) is 9.50. The number of aryl methyl sites for hydroxylation is 1. The molecule has 3 aromatic rings. The van der Waals surface area contributed by atoms with Crippen molar-refractivity contribution >= 4 is 5.91 Å². The van der Waals surface area contributed by atoms with E-state index in [0.29, 0.717) is 24.5 Å². The lowest BCUT2D eigenvalue weighted by atomic mass is 10.1. The number of carbonyl (C=O) groups excluding carboxylic acids is 1. The van der Waals surface area contributed by atoms with E-state index < -0.39 is 0 Å². The third-order valence-corrected chi connectivity index (χ3v) is 5.07. The molecule has 0 aliphatic heterocycles. The van der Waals surface area contributed by atoms with Gasteiger partial charge in [0, 0.05) is 24.8 Å². The monoisotopic (exact) mass is 393 g/mol. The summed E-state index contributed by atoms with van der Waals surface area (Å²) in [5, 5.41) is 4.67. The van der Waals surface area contributed by atoms with Gasteiger partial charge in [-0.2, -0.15) is 5.10 Å². The zero-order chi connectivity index (χ0) is 21.0. The number of methoxy groups -OCH3 is 2. The van der Waals surface area contributed by atoms with Crippen LogP contribution in [0.1, 0.15) is 22.5 Å². The predicted octanol–water partition coefficient (Wildman–Crippen LogP) is 3.71. The van der Waals surface area contributed by atoms with Crippen molar-refractivity contribution in [3.63, 3.8) is 0 Å². The Bertz CT molecular complexity index is 996. The van der Waals surface area contributed by atoms with Gasteiger partial charge in [0.25, 0.3) is 0 Å². The van der Waals surface area contributed by atoms with E-state index in [1.165, 1.54) is 0 Å². The van der Waals surface area contributed by atoms with Gasteiger partial charge in [0.15, 0.2) is 11.5 Å². The fraction of sp³-hybridized carbons (Fsp3) is 0.304. The minimum Gasteiger partial charge on any atom is -0.493 e. The van der Waals surface area contributed by atoms with Crippen LogP contribution in [0.2, 0.25) is 0 Å². The highest BCUT2D eigenvalue weighted by Crippen LogP contribution is 2.28. The summed E-state index contributed by atoms with van der Waals surface area (Å²) in [5.41, 5.74) is 4.93. The van der Waals surface area contributed by atoms with Gasteiger partial charge in [0.05, 0.1) is 32.0 Å². The van der Waals surface area contributed by atoms with E-state index in [0.717, 1.165) is 28.2 Å². The molecule has 0 bridgehead atoms. The second-order valence-electron chi connectivity index (χ2n) is 7.01. The fourth-order valence-corrected chi connectivity index (χ4v) is 3.35. The Morgan fingerprint density at radius 1 is 1.03 bits per heavy atom. The first kappa shape index (κ1) is 20.5. The van der Waals surface area contributed by atoms with E-state index in [-0.39, 0.29) is 5.91 Å². The van der Waals surface area contributed by atoms with Gasteiger partial charge in [-0.05, 0) is 43.7 Å². The lowest BCUT2D eigenvalue weighted by Crippen LogP contribution is -2.28. The normalized spacial score (nSPS) is 10.7. The van der Waals surface area contributed by atoms with Crippen LogP contribution < -0.4 is 9.47 Å². The Morgan fingerprint density at radius 2 is 1.72 bits per heavy atom. The highest BCUT2D eigenvalue weighted by atomic mass is 16.5. The van der Waals surface area contributed by atoms with Crippen molar-refractivity contribution in [3.05, 3.63) is 71.0 Å². The smallest absolute Gasteiger partial charge is 0.227 e. The van der Waals surface area contributed by atoms with Crippen molar-refractivity contribution < 1.29 is 14.3 Å². The molecule has 1 aromatic heterocycles. The van der Waals surface area contributed by atoms with Gasteiger partial charge in [-0.3, -0.25) is 4.79 Å². The summed E-state index contributed by atoms with van der Waals surface area (Å²) >= 11 is 0. The van der Waals surface area contributed by atoms with Crippen molar-refractivity contribution in [2.75, 3.05) is 21.3 Å². The molecule has 0 N–H and O–H groups in total. The van der Waals surface area contributed by atoms with Gasteiger partial charge in [0.1, 0.15) is 0 Å². The number of benzene rings is 2. The molecule has 29 heavy (non-hydrogen) atoms. The van der Waals surface area contributed by atoms with Crippen LogP contribution in [0.4, 0.5) is 0 Å². The molecule has 152 valence electrons. The third kappa shape index (κ3) is 4.42. The van der Waals surface area contributed by atoms with Gasteiger partial charge in [0.2, 0.25) is 5.91 Å². The SMILES string of the molecule is COc1ccc(CC(=O)N(C)Cc2c(C)nn(-c3ccccc3)c2C)cc1OC. The van der Waals surface area contributed by atoms with Gasteiger partial charge in [-0.25, -0.2) is 4.68 Å². The Hall–Kier alpha value is -3.28. The summed E-state index contributed by atoms with van der Waals surface area (Å²) in [5.74, 6) is 1.30. The first-order valence-corrected chi connectivity index (χ1v) is 9.50. The van der Waals surface area contributed by atoms with Crippen molar-refractivity contribution in [1.82, 2.24) is 14.7 Å². The summed E-state index contributed by atoms with van der Waals surface area (Å²) in [7, 11) is 5.00. The number of carbonyl (C=O) groups is 1. The van der Waals surface area contributed by atoms with Crippen molar-refractivity contribution in [2.24, 2.45) is 0 Å². The highest BCUT2D eigenvalue weighted by molar-refractivity contribution is 5.78. The van der Waals surface area contributed by atoms with Crippen LogP contribution in [-0.2, 0) is 17.8 Å². The molecule has 0 unspecified atom stereocenters. The number of hydrogen-bond acceptors (Lipinski definition) is 4. The number of amides is 1. The summed E-state index contributed by atoms with van der Waals surface area (Å²) in [6.07, 6.45) is 0.293. The molecule has 1 amide bonds. The molecule has 2 aromatic carbocycles. The molecular weight excluding hydrogens is 366 g/mol. The van der Waals surface area contributed by atoms with E-state index in [9.17, 15) is 4.79 Å². The minimum absolute atomic E-state index is 0.0310. The zero-order valence-corrected chi connectivity index (χ0v) is 17.6. The Labute approximate surface area is 171 Å². The van der Waals surface area contributed by atoms with Crippen LogP contribution in [0, 0.1) is 13.8 Å². The lowest BCUT2D eigenvalue weighted by Gasteiger charge is -2.18. The second kappa shape index (κ2) is 8.82. The van der Waals surface area contributed by atoms with Gasteiger partial charge in [-0.15, -0.1) is 0 Å². The van der Waals surface area contributed by atoms with Crippen molar-refractivity contribution in [1.29, 1.82) is 0 Å². The Kier molecular flexibility index (Phi) is 6.22. The highest BCUT2D eigenvalue weighted by Gasteiger charge is 2.18. The average molecular weight is 393 g/mol. The standard InChI is InChI=1S/C23H27N3O3/c1-16-20(17(2)26(24-16)19-9-7-6-8-10-19)15-25(3)23(27)14-18-11-12-21(28-4)22(13-18)29-5/h6-13H,14-15H2,1-5H3. The molecule has 0 spiro atoms. The van der Waals surface area contributed by atoms with Crippen LogP contribution in [-0.4, -0.2) is 41.9 Å². The largest absolute Gasteiger partial charge is 0.493 e. The number of aromatic nitrogens is 2. The maximum absolute atomic E-state index is 12.8. The van der Waals surface area contributed by atoms with Crippen molar-refractivity contribution in [3.8, 4) is 17.2 Å². The van der Waals surface area contributed by atoms with E-state index in [4.69, 9.17) is 9.47 Å². The maximum atomic E-state index is 12.8. The molecule has 0 radical (unpaired) electrons. The Morgan fingerprint density at radius 3 is 2.38 bits per heavy atom. The van der Waals surface area contributed by atoms with Crippen LogP contribution >= 0.6 is 0 Å². The molecular formula is C23H27N3O3. The second-order valence-corrected chi connectivity index (χ2v) is 7.01. The zero-order valence-electron chi connectivity index (χ0n) is 17.6. The number of rotatable bonds is 7. The summed E-state index contributed by atoms with van der Waals surface area (Å²) in [4.78, 5) is 14.5. The maximum Gasteiger partial charge on any atom is 0.227 e. The van der Waals surface area contributed by atoms with Crippen LogP contribution in [0.5, 0.6) is 11.5 Å². The number of nitrogens with zero attached hydrogens (tertiary/aromatic N) is 3. The number of ether oxygens (including phenoxy) is 2. The molecule has 0 atom stereocenters. The van der Waals surface area contributed by atoms with Gasteiger partial charge >= 0.3 is 0 Å². The van der Waals surface area contributed by atoms with E-state index >= 15 is 0 Å². The van der Waals surface area contributed by atoms with Gasteiger partial charge in [-0.1, -0.05) is 24.3 Å². The average Bonchev–Trinajstić information content (AvgIpc) is 3.02. The number of para-hydroxylation sites is 1. The first-order chi connectivity index (χ1) is 13.9. The summed E-state index contributed by atoms with van der Waals surface area (Å²) < 4.78 is 12.5. The Balaban J connectivity index is 1.74. The quantitative estimate of drug-likeness (QED) is 0.614. The molecule has 6 nitrogen and oxygen atoms in total. The summed E-state index contributed by atoms with van der Waals surface area (Å²) in [6, 6.07) is 15.6. The molecule has 3 rings (SSSR count). The topological polar surface area (TPSA) is 56.6 Å². The summed E-state index contributed by atoms with van der Waals surface area (Å²) in [6.45, 7) is 4.53. The molecule has 6 heteroatoms. The lowest BCUT2D eigenvalue weighted by molar-refractivity contribution is -0.129. The van der Waals surface area contributed by atoms with Gasteiger partial charge < -0.3 is 14.4 Å². The third-order valence-electron chi connectivity index (χ3n) is 5.07. The van der Waals surface area contributed by atoms with Crippen LogP contribution in [0.15, 0.2) is 48.5 Å². The molecule has 0 aliphatic carbocycles. The van der Waals surface area contributed by atoms with Crippen LogP contribution in [0.25, 0.3) is 5.69 Å². The van der Waals surface area contributed by atoms with E-state index in [2.05, 4.69) is 5.10 Å². The number of likely N-dealkylation sites (N-methyl/N-ethyl adjacent to an activating group) is 1. The van der Waals surface area contributed by atoms with Crippen molar-refractivity contribution in [2.45, 2.75) is 26.8 Å². The molecule has 0 aliphatic rings. The molecule has 0 saturated heterocycles. The predicted molar refractivity (Wildman–Crippen MR) is 113 cm³/mol. The van der Waals surface area contributed by atoms with Crippen LogP contribution in [0.3, 0.4) is 0 Å².